The normalized spacial score (nSPS) is 11.0. The highest BCUT2D eigenvalue weighted by Gasteiger charge is 2.15. The Morgan fingerprint density at radius 1 is 1.09 bits per heavy atom. The summed E-state index contributed by atoms with van der Waals surface area (Å²) in [6.07, 6.45) is 3.10. The molecule has 0 saturated heterocycles. The minimum Gasteiger partial charge on any atom is -0.453 e. The van der Waals surface area contributed by atoms with E-state index in [1.54, 1.807) is 25.4 Å². The molecule has 0 fully saturated rings. The van der Waals surface area contributed by atoms with E-state index in [1.165, 1.54) is 34.2 Å². The Bertz CT molecular complexity index is 1550. The molecule has 5 rings (SSSR count). The second kappa shape index (κ2) is 9.51. The number of nitrogens with one attached hydrogen (secondary N) is 1. The van der Waals surface area contributed by atoms with Crippen LogP contribution in [-0.4, -0.2) is 14.5 Å². The lowest BCUT2D eigenvalue weighted by molar-refractivity contribution is 0.447. The molecule has 0 unspecified atom stereocenters. The van der Waals surface area contributed by atoms with Gasteiger partial charge in [-0.1, -0.05) is 36.4 Å². The molecule has 9 heteroatoms. The van der Waals surface area contributed by atoms with Crippen LogP contribution in [0.5, 0.6) is 11.5 Å². The predicted octanol–water partition coefficient (Wildman–Crippen LogP) is 6.21. The van der Waals surface area contributed by atoms with Crippen LogP contribution in [0.15, 0.2) is 77.9 Å². The number of pyridine rings is 1. The summed E-state index contributed by atoms with van der Waals surface area (Å²) in [7, 11) is 1.64. The monoisotopic (exact) mass is 584 g/mol. The van der Waals surface area contributed by atoms with Gasteiger partial charge in [-0.3, -0.25) is 14.3 Å². The Hall–Kier alpha value is -3.31. The first-order valence-electron chi connectivity index (χ1n) is 10.4. The van der Waals surface area contributed by atoms with Crippen molar-refractivity contribution in [2.45, 2.75) is 6.54 Å². The molecule has 5 aromatic rings. The van der Waals surface area contributed by atoms with Crippen molar-refractivity contribution in [1.29, 1.82) is 0 Å². The molecule has 3 aromatic heterocycles. The van der Waals surface area contributed by atoms with Gasteiger partial charge in [0.1, 0.15) is 5.75 Å². The lowest BCUT2D eigenvalue weighted by Crippen LogP contribution is -2.23. The summed E-state index contributed by atoms with van der Waals surface area (Å²) in [5.74, 6) is 0.480. The number of nitrogens with zero attached hydrogens (tertiary/aromatic N) is 3. The van der Waals surface area contributed by atoms with Gasteiger partial charge in [-0.15, -0.1) is 11.3 Å². The number of benzene rings is 2. The molecule has 34 heavy (non-hydrogen) atoms. The van der Waals surface area contributed by atoms with Crippen LogP contribution in [0.1, 0.15) is 5.56 Å². The topological polar surface area (TPSA) is 69.0 Å². The number of halogens is 2. The molecule has 0 saturated carbocycles. The summed E-state index contributed by atoms with van der Waals surface area (Å²) in [4.78, 5) is 21.7. The molecular formula is C25H18FIN4O2S. The fourth-order valence-electron chi connectivity index (χ4n) is 3.52. The third kappa shape index (κ3) is 4.53. The Balaban J connectivity index is 1.39. The molecule has 2 aromatic carbocycles. The fourth-order valence-corrected chi connectivity index (χ4v) is 5.27. The van der Waals surface area contributed by atoms with Crippen molar-refractivity contribution in [2.75, 3.05) is 5.32 Å². The zero-order chi connectivity index (χ0) is 23.7. The number of anilines is 1. The number of thiophene rings is 1. The van der Waals surface area contributed by atoms with Gasteiger partial charge in [-0.25, -0.2) is 9.37 Å². The molecule has 0 aliphatic carbocycles. The maximum absolute atomic E-state index is 15.0. The Labute approximate surface area is 212 Å². The van der Waals surface area contributed by atoms with Crippen LogP contribution in [0.25, 0.3) is 21.3 Å². The number of aromatic nitrogens is 3. The lowest BCUT2D eigenvalue weighted by Gasteiger charge is -2.12. The second-order valence-corrected chi connectivity index (χ2v) is 10.5. The average Bonchev–Trinajstić information content (AvgIpc) is 3.23. The largest absolute Gasteiger partial charge is 0.453 e. The number of ether oxygens (including phenoxy) is 1. The Morgan fingerprint density at radius 2 is 1.91 bits per heavy atom. The summed E-state index contributed by atoms with van der Waals surface area (Å²) < 4.78 is 24.2. The van der Waals surface area contributed by atoms with Crippen molar-refractivity contribution >= 4 is 50.1 Å². The first kappa shape index (κ1) is 22.5. The van der Waals surface area contributed by atoms with E-state index in [9.17, 15) is 9.18 Å². The average molecular weight is 584 g/mol. The first-order valence-corrected chi connectivity index (χ1v) is 12.2. The van der Waals surface area contributed by atoms with Crippen LogP contribution < -0.4 is 15.6 Å². The first-order chi connectivity index (χ1) is 16.5. The summed E-state index contributed by atoms with van der Waals surface area (Å²) in [5, 5.41) is 3.17. The summed E-state index contributed by atoms with van der Waals surface area (Å²) in [6, 6.07) is 18.0. The molecule has 1 N–H and O–H groups in total. The molecule has 6 nitrogen and oxygen atoms in total. The summed E-state index contributed by atoms with van der Waals surface area (Å²) in [6.45, 7) is 0.534. The van der Waals surface area contributed by atoms with Gasteiger partial charge in [-0.05, 0) is 51.9 Å². The van der Waals surface area contributed by atoms with Gasteiger partial charge in [0.2, 0.25) is 5.95 Å². The van der Waals surface area contributed by atoms with Crippen molar-refractivity contribution in [1.82, 2.24) is 14.5 Å². The predicted molar refractivity (Wildman–Crippen MR) is 141 cm³/mol. The maximum Gasteiger partial charge on any atom is 0.262 e. The van der Waals surface area contributed by atoms with Gasteiger partial charge in [0, 0.05) is 32.1 Å². The molecule has 0 amide bonds. The van der Waals surface area contributed by atoms with Crippen molar-refractivity contribution < 1.29 is 9.13 Å². The Morgan fingerprint density at radius 3 is 2.71 bits per heavy atom. The van der Waals surface area contributed by atoms with Crippen molar-refractivity contribution in [2.24, 2.45) is 7.05 Å². The van der Waals surface area contributed by atoms with Crippen LogP contribution in [0.2, 0.25) is 0 Å². The highest BCUT2D eigenvalue weighted by atomic mass is 127. The number of hydrogen-bond donors (Lipinski definition) is 1. The number of rotatable bonds is 6. The van der Waals surface area contributed by atoms with Gasteiger partial charge in [0.15, 0.2) is 11.6 Å². The smallest absolute Gasteiger partial charge is 0.262 e. The number of hydrogen-bond acceptors (Lipinski definition) is 6. The van der Waals surface area contributed by atoms with Gasteiger partial charge in [-0.2, -0.15) is 0 Å². The van der Waals surface area contributed by atoms with E-state index >= 15 is 0 Å². The minimum absolute atomic E-state index is 0.0746. The Kier molecular flexibility index (Phi) is 6.29. The van der Waals surface area contributed by atoms with Crippen LogP contribution >= 0.6 is 33.9 Å². The van der Waals surface area contributed by atoms with E-state index in [2.05, 4.69) is 37.9 Å². The van der Waals surface area contributed by atoms with Crippen LogP contribution in [0.3, 0.4) is 0 Å². The molecule has 0 spiro atoms. The molecule has 0 radical (unpaired) electrons. The molecule has 0 atom stereocenters. The zero-order valence-corrected chi connectivity index (χ0v) is 20.9. The van der Waals surface area contributed by atoms with Gasteiger partial charge < -0.3 is 10.1 Å². The maximum atomic E-state index is 15.0. The molecular weight excluding hydrogens is 566 g/mol. The van der Waals surface area contributed by atoms with Crippen molar-refractivity contribution in [3.8, 4) is 22.6 Å². The zero-order valence-electron chi connectivity index (χ0n) is 18.0. The molecule has 0 bridgehead atoms. The van der Waals surface area contributed by atoms with Crippen molar-refractivity contribution in [3.63, 3.8) is 0 Å². The summed E-state index contributed by atoms with van der Waals surface area (Å²) >= 11 is 3.75. The standard InChI is InChI=1S/C25H18FIN4O2S/c1-31-24(32)17(14-30-25(31)29-13-15-5-3-2-4-6-15)16-7-8-20(18(26)11-16)33-21-9-10-28-19-12-22(27)34-23(19)21/h2-12,14H,13H2,1H3,(H,29,30). The van der Waals surface area contributed by atoms with E-state index in [1.807, 2.05) is 36.4 Å². The lowest BCUT2D eigenvalue weighted by atomic mass is 10.1. The van der Waals surface area contributed by atoms with E-state index in [0.717, 1.165) is 18.7 Å². The third-order valence-electron chi connectivity index (χ3n) is 5.27. The third-order valence-corrected chi connectivity index (χ3v) is 7.17. The van der Waals surface area contributed by atoms with Gasteiger partial charge in [0.25, 0.3) is 5.56 Å². The van der Waals surface area contributed by atoms with Crippen molar-refractivity contribution in [3.05, 3.63) is 97.7 Å². The summed E-state index contributed by atoms with van der Waals surface area (Å²) in [5.41, 5.74) is 2.33. The van der Waals surface area contributed by atoms with E-state index in [0.29, 0.717) is 29.4 Å². The number of fused-ring (bicyclic) bond motifs is 1. The highest BCUT2D eigenvalue weighted by Crippen LogP contribution is 2.36. The van der Waals surface area contributed by atoms with Crippen LogP contribution in [0.4, 0.5) is 10.3 Å². The van der Waals surface area contributed by atoms with E-state index < -0.39 is 5.82 Å². The second-order valence-electron chi connectivity index (χ2n) is 7.52. The van der Waals surface area contributed by atoms with E-state index in [4.69, 9.17) is 4.74 Å². The van der Waals surface area contributed by atoms with E-state index in [-0.39, 0.29) is 11.3 Å². The van der Waals surface area contributed by atoms with Gasteiger partial charge >= 0.3 is 0 Å². The molecule has 0 aliphatic rings. The van der Waals surface area contributed by atoms with Crippen LogP contribution in [0, 0.1) is 8.70 Å². The van der Waals surface area contributed by atoms with Crippen LogP contribution in [-0.2, 0) is 13.6 Å². The minimum atomic E-state index is -0.568. The van der Waals surface area contributed by atoms with Gasteiger partial charge in [0.05, 0.1) is 18.7 Å². The quantitative estimate of drug-likeness (QED) is 0.241. The molecule has 170 valence electrons. The SMILES string of the molecule is Cn1c(NCc2ccccc2)ncc(-c2ccc(Oc3ccnc4cc(I)sc34)c(F)c2)c1=O. The molecule has 0 aliphatic heterocycles. The highest BCUT2D eigenvalue weighted by molar-refractivity contribution is 14.1. The fraction of sp³-hybridized carbons (Fsp3) is 0.0800. The molecule has 3 heterocycles.